The van der Waals surface area contributed by atoms with Crippen LogP contribution >= 0.6 is 0 Å². The zero-order valence-corrected chi connectivity index (χ0v) is 9.63. The molecule has 1 aromatic rings. The van der Waals surface area contributed by atoms with Crippen LogP contribution in [0.25, 0.3) is 0 Å². The van der Waals surface area contributed by atoms with Crippen LogP contribution in [0.15, 0.2) is 6.07 Å². The summed E-state index contributed by atoms with van der Waals surface area (Å²) in [7, 11) is 0. The van der Waals surface area contributed by atoms with E-state index in [1.807, 2.05) is 10.4 Å². The van der Waals surface area contributed by atoms with Crippen molar-refractivity contribution in [2.45, 2.75) is 19.0 Å². The van der Waals surface area contributed by atoms with Gasteiger partial charge in [-0.25, -0.2) is 8.78 Å². The van der Waals surface area contributed by atoms with Crippen molar-refractivity contribution < 1.29 is 26.7 Å². The summed E-state index contributed by atoms with van der Waals surface area (Å²) in [6.07, 6.45) is -8.17. The van der Waals surface area contributed by atoms with Crippen LogP contribution in [0.4, 0.5) is 27.8 Å². The van der Waals surface area contributed by atoms with E-state index in [0.29, 0.717) is 0 Å². The molecule has 0 aliphatic heterocycles. The van der Waals surface area contributed by atoms with Crippen LogP contribution < -0.4 is 5.32 Å². The first-order valence-corrected chi connectivity index (χ1v) is 5.33. The minimum Gasteiger partial charge on any atom is -0.308 e. The zero-order chi connectivity index (χ0) is 15.1. The third kappa shape index (κ3) is 2.31. The molecule has 0 spiro atoms. The third-order valence-corrected chi connectivity index (χ3v) is 3.04. The van der Waals surface area contributed by atoms with E-state index in [-0.39, 0.29) is 5.82 Å². The second-order valence-corrected chi connectivity index (χ2v) is 4.34. The fraction of sp³-hybridized carbons (Fsp3) is 0.500. The molecule has 1 amide bonds. The van der Waals surface area contributed by atoms with E-state index in [9.17, 15) is 26.7 Å². The summed E-state index contributed by atoms with van der Waals surface area (Å²) in [5.74, 6) is -3.60. The van der Waals surface area contributed by atoms with Gasteiger partial charge in [-0.3, -0.25) is 9.89 Å². The lowest BCUT2D eigenvalue weighted by Crippen LogP contribution is -2.29. The number of carbonyl (C=O) groups is 1. The number of hydrogen-bond donors (Lipinski definition) is 2. The molecule has 20 heavy (non-hydrogen) atoms. The topological polar surface area (TPSA) is 81.6 Å². The molecule has 0 saturated heterocycles. The minimum absolute atomic E-state index is 0.354. The number of nitrogens with one attached hydrogen (secondary N) is 2. The van der Waals surface area contributed by atoms with Gasteiger partial charge in [-0.2, -0.15) is 23.5 Å². The maximum Gasteiger partial charge on any atom is 0.393 e. The Bertz CT molecular complexity index is 575. The molecule has 1 heterocycles. The fourth-order valence-electron chi connectivity index (χ4n) is 1.82. The molecule has 2 unspecified atom stereocenters. The molecule has 0 bridgehead atoms. The van der Waals surface area contributed by atoms with Crippen LogP contribution in [0.2, 0.25) is 0 Å². The molecular weight excluding hydrogens is 287 g/mol. The summed E-state index contributed by atoms with van der Waals surface area (Å²) in [5, 5.41) is 15.9. The summed E-state index contributed by atoms with van der Waals surface area (Å²) in [6.45, 7) is 0. The minimum atomic E-state index is -4.66. The van der Waals surface area contributed by atoms with E-state index in [0.717, 1.165) is 6.07 Å². The van der Waals surface area contributed by atoms with Gasteiger partial charge in [0.05, 0.1) is 12.0 Å². The number of amides is 1. The van der Waals surface area contributed by atoms with Gasteiger partial charge in [-0.15, -0.1) is 0 Å². The number of halogens is 5. The molecule has 2 atom stereocenters. The van der Waals surface area contributed by atoms with Crippen molar-refractivity contribution in [2.75, 3.05) is 5.32 Å². The number of hydrogen-bond acceptors (Lipinski definition) is 3. The molecule has 0 aromatic carbocycles. The lowest BCUT2D eigenvalue weighted by molar-refractivity contribution is -0.157. The third-order valence-electron chi connectivity index (χ3n) is 3.04. The molecular formula is C10H7F5N4O. The van der Waals surface area contributed by atoms with Gasteiger partial charge in [0.2, 0.25) is 5.91 Å². The Hall–Kier alpha value is -2.18. The number of nitrogens with zero attached hydrogens (tertiary/aromatic N) is 2. The highest BCUT2D eigenvalue weighted by Crippen LogP contribution is 2.60. The molecule has 1 saturated carbocycles. The van der Waals surface area contributed by atoms with Gasteiger partial charge < -0.3 is 5.32 Å². The molecule has 0 radical (unpaired) electrons. The van der Waals surface area contributed by atoms with Gasteiger partial charge in [0.1, 0.15) is 11.1 Å². The fourth-order valence-corrected chi connectivity index (χ4v) is 1.82. The highest BCUT2D eigenvalue weighted by Gasteiger charge is 2.72. The number of rotatable bonds is 3. The predicted molar refractivity (Wildman–Crippen MR) is 54.4 cm³/mol. The van der Waals surface area contributed by atoms with Crippen molar-refractivity contribution in [3.63, 3.8) is 0 Å². The molecule has 1 fully saturated rings. The Morgan fingerprint density at radius 3 is 2.65 bits per heavy atom. The van der Waals surface area contributed by atoms with Gasteiger partial charge in [-0.1, -0.05) is 0 Å². The van der Waals surface area contributed by atoms with Gasteiger partial charge in [0.25, 0.3) is 6.43 Å². The highest BCUT2D eigenvalue weighted by atomic mass is 19.4. The number of alkyl halides is 5. The van der Waals surface area contributed by atoms with Crippen LogP contribution in [0.5, 0.6) is 0 Å². The summed E-state index contributed by atoms with van der Waals surface area (Å²) < 4.78 is 62.0. The van der Waals surface area contributed by atoms with Crippen LogP contribution in [0.1, 0.15) is 18.5 Å². The van der Waals surface area contributed by atoms with E-state index in [1.54, 1.807) is 0 Å². The van der Waals surface area contributed by atoms with Crippen molar-refractivity contribution >= 4 is 11.7 Å². The Balaban J connectivity index is 2.10. The number of aromatic amines is 1. The Kier molecular flexibility index (Phi) is 3.15. The second-order valence-electron chi connectivity index (χ2n) is 4.34. The second kappa shape index (κ2) is 4.43. The van der Waals surface area contributed by atoms with Crippen LogP contribution in [0, 0.1) is 22.7 Å². The number of carbonyl (C=O) groups excluding carboxylic acids is 1. The summed E-state index contributed by atoms with van der Waals surface area (Å²) in [6, 6.07) is 2.13. The molecule has 2 rings (SSSR count). The normalized spacial score (nSPS) is 25.4. The number of anilines is 1. The SMILES string of the molecule is N#CC1(C(=O)Nc2cc(C(F)F)[nH]n2)CC1C(F)(F)F. The maximum absolute atomic E-state index is 12.5. The molecule has 1 aliphatic rings. The largest absolute Gasteiger partial charge is 0.393 e. The molecule has 108 valence electrons. The first-order chi connectivity index (χ1) is 9.20. The van der Waals surface area contributed by atoms with E-state index >= 15 is 0 Å². The van der Waals surface area contributed by atoms with Crippen LogP contribution in [-0.4, -0.2) is 22.3 Å². The smallest absolute Gasteiger partial charge is 0.308 e. The van der Waals surface area contributed by atoms with Crippen molar-refractivity contribution in [3.05, 3.63) is 11.8 Å². The maximum atomic E-state index is 12.5. The Morgan fingerprint density at radius 1 is 1.60 bits per heavy atom. The first kappa shape index (κ1) is 14.2. The predicted octanol–water partition coefficient (Wildman–Crippen LogP) is 2.38. The van der Waals surface area contributed by atoms with E-state index in [1.165, 1.54) is 6.07 Å². The lowest BCUT2D eigenvalue weighted by atomic mass is 10.0. The van der Waals surface area contributed by atoms with E-state index < -0.39 is 42.0 Å². The molecule has 5 nitrogen and oxygen atoms in total. The van der Waals surface area contributed by atoms with Gasteiger partial charge in [0.15, 0.2) is 5.82 Å². The van der Waals surface area contributed by atoms with Gasteiger partial charge in [-0.05, 0) is 6.42 Å². The van der Waals surface area contributed by atoms with Crippen molar-refractivity contribution in [1.29, 1.82) is 5.26 Å². The summed E-state index contributed by atoms with van der Waals surface area (Å²) >= 11 is 0. The standard InChI is InChI=1S/C10H7F5N4O/c11-7(12)4-1-6(19-18-4)17-8(20)9(3-16)2-5(9)10(13,14)15/h1,5,7H,2H2,(H2,17,18,19,20). The highest BCUT2D eigenvalue weighted by molar-refractivity contribution is 5.99. The quantitative estimate of drug-likeness (QED) is 0.840. The lowest BCUT2D eigenvalue weighted by Gasteiger charge is -2.10. The zero-order valence-electron chi connectivity index (χ0n) is 9.63. The van der Waals surface area contributed by atoms with E-state index in [2.05, 4.69) is 5.10 Å². The number of nitriles is 1. The van der Waals surface area contributed by atoms with Crippen LogP contribution in [-0.2, 0) is 4.79 Å². The average Bonchev–Trinajstić information content (AvgIpc) is 2.95. The van der Waals surface area contributed by atoms with Crippen molar-refractivity contribution in [1.82, 2.24) is 10.2 Å². The van der Waals surface area contributed by atoms with Gasteiger partial charge >= 0.3 is 6.18 Å². The van der Waals surface area contributed by atoms with Gasteiger partial charge in [0, 0.05) is 6.07 Å². The van der Waals surface area contributed by atoms with E-state index in [4.69, 9.17) is 5.26 Å². The Labute approximate surface area is 108 Å². The number of aromatic nitrogens is 2. The summed E-state index contributed by atoms with van der Waals surface area (Å²) in [5.41, 5.74) is -2.79. The molecule has 1 aromatic heterocycles. The molecule has 1 aliphatic carbocycles. The Morgan fingerprint density at radius 2 is 2.25 bits per heavy atom. The monoisotopic (exact) mass is 294 g/mol. The van der Waals surface area contributed by atoms with Crippen molar-refractivity contribution in [2.24, 2.45) is 11.3 Å². The molecule has 10 heteroatoms. The number of H-pyrrole nitrogens is 1. The molecule has 2 N–H and O–H groups in total. The van der Waals surface area contributed by atoms with Crippen molar-refractivity contribution in [3.8, 4) is 6.07 Å². The first-order valence-electron chi connectivity index (χ1n) is 5.33. The summed E-state index contributed by atoms with van der Waals surface area (Å²) in [4.78, 5) is 11.7. The van der Waals surface area contributed by atoms with Crippen LogP contribution in [0.3, 0.4) is 0 Å². The average molecular weight is 294 g/mol.